The number of carbonyl (C=O) groups excluding carboxylic acids is 2. The van der Waals surface area contributed by atoms with Crippen LogP contribution in [0.15, 0.2) is 82.8 Å². The number of morpholine rings is 1. The van der Waals surface area contributed by atoms with Gasteiger partial charge in [0.25, 0.3) is 5.91 Å². The zero-order valence-corrected chi connectivity index (χ0v) is 25.2. The van der Waals surface area contributed by atoms with Crippen molar-refractivity contribution in [1.29, 1.82) is 0 Å². The predicted molar refractivity (Wildman–Crippen MR) is 161 cm³/mol. The van der Waals surface area contributed by atoms with E-state index in [1.807, 2.05) is 0 Å². The molecule has 12 nitrogen and oxygen atoms in total. The van der Waals surface area contributed by atoms with E-state index in [1.54, 1.807) is 34.9 Å². The van der Waals surface area contributed by atoms with Crippen molar-refractivity contribution >= 4 is 39.3 Å². The number of nitrogens with zero attached hydrogens (tertiary/aromatic N) is 4. The molecule has 4 aromatic rings. The Kier molecular flexibility index (Phi) is 9.89. The topological polar surface area (TPSA) is 145 Å². The fourth-order valence-electron chi connectivity index (χ4n) is 4.42. The van der Waals surface area contributed by atoms with Gasteiger partial charge < -0.3 is 20.1 Å². The number of anilines is 1. The lowest BCUT2D eigenvalue weighted by Gasteiger charge is -2.26. The van der Waals surface area contributed by atoms with Gasteiger partial charge in [0, 0.05) is 18.7 Å². The van der Waals surface area contributed by atoms with Crippen molar-refractivity contribution in [3.63, 3.8) is 0 Å². The number of carbonyl (C=O) groups is 2. The number of nitrogens with one attached hydrogen (secondary N) is 2. The molecule has 2 amide bonds. The maximum atomic E-state index is 14.0. The Morgan fingerprint density at radius 1 is 1.00 bits per heavy atom. The minimum Gasteiger partial charge on any atom is -0.495 e. The van der Waals surface area contributed by atoms with Gasteiger partial charge in [0.15, 0.2) is 11.0 Å². The van der Waals surface area contributed by atoms with E-state index in [0.717, 1.165) is 11.8 Å². The SMILES string of the molecule is COc1ccccc1-n1c(CNC(=O)c2ccc(S(=O)(=O)N3CCOCC3)cc2)nnc1SCC(=O)Nc1ccccc1F. The molecule has 1 saturated heterocycles. The highest BCUT2D eigenvalue weighted by atomic mass is 32.2. The maximum Gasteiger partial charge on any atom is 0.251 e. The maximum absolute atomic E-state index is 14.0. The number of hydrogen-bond acceptors (Lipinski definition) is 9. The second kappa shape index (κ2) is 14.0. The Balaban J connectivity index is 1.30. The zero-order chi connectivity index (χ0) is 31.1. The second-order valence-corrected chi connectivity index (χ2v) is 12.3. The molecule has 1 aliphatic rings. The number of para-hydroxylation sites is 3. The first-order valence-electron chi connectivity index (χ1n) is 13.5. The lowest BCUT2D eigenvalue weighted by molar-refractivity contribution is -0.113. The number of thioether (sulfide) groups is 1. The summed E-state index contributed by atoms with van der Waals surface area (Å²) in [5, 5.41) is 14.2. The van der Waals surface area contributed by atoms with Crippen LogP contribution >= 0.6 is 11.8 Å². The van der Waals surface area contributed by atoms with Gasteiger partial charge in [-0.15, -0.1) is 10.2 Å². The molecule has 0 bridgehead atoms. The number of benzene rings is 3. The predicted octanol–water partition coefficient (Wildman–Crippen LogP) is 3.10. The van der Waals surface area contributed by atoms with Crippen molar-refractivity contribution in [3.8, 4) is 11.4 Å². The fraction of sp³-hybridized carbons (Fsp3) is 0.241. The quantitative estimate of drug-likeness (QED) is 0.236. The molecule has 0 radical (unpaired) electrons. The number of rotatable bonds is 11. The molecule has 0 unspecified atom stereocenters. The number of sulfonamides is 1. The zero-order valence-electron chi connectivity index (χ0n) is 23.6. The average molecular weight is 641 g/mol. The molecule has 2 N–H and O–H groups in total. The highest BCUT2D eigenvalue weighted by Gasteiger charge is 2.26. The summed E-state index contributed by atoms with van der Waals surface area (Å²) in [6, 6.07) is 18.7. The van der Waals surface area contributed by atoms with Gasteiger partial charge in [0.05, 0.1) is 48.9 Å². The van der Waals surface area contributed by atoms with E-state index in [1.165, 1.54) is 53.9 Å². The average Bonchev–Trinajstić information content (AvgIpc) is 3.46. The molecule has 5 rings (SSSR count). The van der Waals surface area contributed by atoms with E-state index in [4.69, 9.17) is 9.47 Å². The number of aromatic nitrogens is 3. The lowest BCUT2D eigenvalue weighted by Crippen LogP contribution is -2.40. The Morgan fingerprint density at radius 3 is 2.43 bits per heavy atom. The standard InChI is InChI=1S/C29H29FN6O6S2/c1-41-25-9-5-4-8-24(25)36-26(33-34-29(36)43-19-27(37)32-23-7-3-2-6-22(23)30)18-31-28(38)20-10-12-21(13-11-20)44(39,40)35-14-16-42-17-15-35/h2-13H,14-19H2,1H3,(H,31,38)(H,32,37). The number of ether oxygens (including phenoxy) is 2. The molecule has 3 aromatic carbocycles. The van der Waals surface area contributed by atoms with Gasteiger partial charge in [0.1, 0.15) is 11.6 Å². The Bertz CT molecular complexity index is 1740. The summed E-state index contributed by atoms with van der Waals surface area (Å²) in [6.07, 6.45) is 0. The third-order valence-electron chi connectivity index (χ3n) is 6.64. The molecule has 230 valence electrons. The summed E-state index contributed by atoms with van der Waals surface area (Å²) in [4.78, 5) is 25.7. The Hall–Kier alpha value is -4.31. The summed E-state index contributed by atoms with van der Waals surface area (Å²) < 4.78 is 53.6. The van der Waals surface area contributed by atoms with E-state index in [-0.39, 0.29) is 41.5 Å². The van der Waals surface area contributed by atoms with Gasteiger partial charge in [-0.25, -0.2) is 12.8 Å². The van der Waals surface area contributed by atoms with E-state index < -0.39 is 27.7 Å². The van der Waals surface area contributed by atoms with E-state index in [9.17, 15) is 22.4 Å². The molecule has 1 aliphatic heterocycles. The van der Waals surface area contributed by atoms with Crippen molar-refractivity contribution in [1.82, 2.24) is 24.4 Å². The molecule has 0 spiro atoms. The largest absolute Gasteiger partial charge is 0.495 e. The van der Waals surface area contributed by atoms with E-state index in [2.05, 4.69) is 20.8 Å². The van der Waals surface area contributed by atoms with E-state index >= 15 is 0 Å². The van der Waals surface area contributed by atoms with Gasteiger partial charge in [-0.2, -0.15) is 4.31 Å². The van der Waals surface area contributed by atoms with Crippen LogP contribution in [0.3, 0.4) is 0 Å². The third kappa shape index (κ3) is 7.07. The normalized spacial score (nSPS) is 13.8. The van der Waals surface area contributed by atoms with E-state index in [0.29, 0.717) is 35.6 Å². The Morgan fingerprint density at radius 2 is 1.70 bits per heavy atom. The summed E-state index contributed by atoms with van der Waals surface area (Å²) in [7, 11) is -2.18. The van der Waals surface area contributed by atoms with Crippen LogP contribution < -0.4 is 15.4 Å². The van der Waals surface area contributed by atoms with Gasteiger partial charge in [0.2, 0.25) is 15.9 Å². The minimum atomic E-state index is -3.69. The first-order valence-corrected chi connectivity index (χ1v) is 15.9. The highest BCUT2D eigenvalue weighted by Crippen LogP contribution is 2.29. The van der Waals surface area contributed by atoms with Crippen LogP contribution in [-0.4, -0.2) is 78.5 Å². The van der Waals surface area contributed by atoms with Crippen LogP contribution in [0.5, 0.6) is 5.75 Å². The monoisotopic (exact) mass is 640 g/mol. The van der Waals surface area contributed by atoms with Gasteiger partial charge >= 0.3 is 0 Å². The molecule has 15 heteroatoms. The first kappa shape index (κ1) is 31.1. The van der Waals surface area contributed by atoms with Gasteiger partial charge in [-0.1, -0.05) is 36.0 Å². The van der Waals surface area contributed by atoms with Crippen molar-refractivity contribution in [3.05, 3.63) is 90.0 Å². The number of hydrogen-bond donors (Lipinski definition) is 2. The molecule has 0 aliphatic carbocycles. The minimum absolute atomic E-state index is 0.0420. The third-order valence-corrected chi connectivity index (χ3v) is 9.48. The second-order valence-electron chi connectivity index (χ2n) is 9.45. The molecule has 1 aromatic heterocycles. The number of halogens is 1. The van der Waals surface area contributed by atoms with Crippen LogP contribution in [0, 0.1) is 5.82 Å². The van der Waals surface area contributed by atoms with Crippen molar-refractivity contribution in [2.24, 2.45) is 0 Å². The fourth-order valence-corrected chi connectivity index (χ4v) is 6.59. The van der Waals surface area contributed by atoms with Crippen LogP contribution in [0.4, 0.5) is 10.1 Å². The number of amides is 2. The molecule has 0 saturated carbocycles. The molecular weight excluding hydrogens is 611 g/mol. The summed E-state index contributed by atoms with van der Waals surface area (Å²) in [6.45, 7) is 1.17. The molecule has 1 fully saturated rings. The van der Waals surface area contributed by atoms with Crippen LogP contribution in [0.1, 0.15) is 16.2 Å². The van der Waals surface area contributed by atoms with Crippen LogP contribution in [-0.2, 0) is 26.1 Å². The molecule has 0 atom stereocenters. The van der Waals surface area contributed by atoms with Crippen LogP contribution in [0.2, 0.25) is 0 Å². The summed E-state index contributed by atoms with van der Waals surface area (Å²) in [5.41, 5.74) is 0.909. The smallest absolute Gasteiger partial charge is 0.251 e. The van der Waals surface area contributed by atoms with Crippen LogP contribution in [0.25, 0.3) is 5.69 Å². The highest BCUT2D eigenvalue weighted by molar-refractivity contribution is 7.99. The number of methoxy groups -OCH3 is 1. The van der Waals surface area contributed by atoms with Crippen molar-refractivity contribution < 1.29 is 31.9 Å². The Labute approximate surface area is 257 Å². The van der Waals surface area contributed by atoms with Crippen molar-refractivity contribution in [2.45, 2.75) is 16.6 Å². The summed E-state index contributed by atoms with van der Waals surface area (Å²) in [5.74, 6) is -0.666. The first-order chi connectivity index (χ1) is 21.3. The molecule has 2 heterocycles. The van der Waals surface area contributed by atoms with Crippen molar-refractivity contribution in [2.75, 3.05) is 44.5 Å². The van der Waals surface area contributed by atoms with Gasteiger partial charge in [-0.05, 0) is 48.5 Å². The molecule has 44 heavy (non-hydrogen) atoms. The summed E-state index contributed by atoms with van der Waals surface area (Å²) >= 11 is 1.08. The van der Waals surface area contributed by atoms with Gasteiger partial charge in [-0.3, -0.25) is 14.2 Å². The lowest BCUT2D eigenvalue weighted by atomic mass is 10.2. The molecular formula is C29H29FN6O6S2.